The van der Waals surface area contributed by atoms with Gasteiger partial charge >= 0.3 is 0 Å². The lowest BCUT2D eigenvalue weighted by atomic mass is 9.87. The summed E-state index contributed by atoms with van der Waals surface area (Å²) in [7, 11) is 1.57. The van der Waals surface area contributed by atoms with Crippen molar-refractivity contribution >= 4 is 29.2 Å². The first-order valence-electron chi connectivity index (χ1n) is 10.2. The molecule has 2 aromatic carbocycles. The zero-order valence-electron chi connectivity index (χ0n) is 18.6. The van der Waals surface area contributed by atoms with E-state index in [9.17, 15) is 4.79 Å². The van der Waals surface area contributed by atoms with Crippen LogP contribution >= 0.6 is 11.6 Å². The molecule has 32 heavy (non-hydrogen) atoms. The smallest absolute Gasteiger partial charge is 0.257 e. The Kier molecular flexibility index (Phi) is 7.49. The monoisotopic (exact) mass is 450 g/mol. The second-order valence-electron chi connectivity index (χ2n) is 8.27. The van der Waals surface area contributed by atoms with Gasteiger partial charge in [-0.2, -0.15) is 0 Å². The van der Waals surface area contributed by atoms with E-state index in [1.54, 1.807) is 37.7 Å². The minimum Gasteiger partial charge on any atom is -0.495 e. The van der Waals surface area contributed by atoms with E-state index >= 15 is 0 Å². The molecule has 0 saturated carbocycles. The minimum atomic E-state index is -0.271. The molecule has 0 bridgehead atoms. The van der Waals surface area contributed by atoms with Gasteiger partial charge in [0.15, 0.2) is 0 Å². The number of benzene rings is 2. The number of hydrogen-bond acceptors (Lipinski definition) is 4. The highest BCUT2D eigenvalue weighted by Crippen LogP contribution is 2.27. The maximum Gasteiger partial charge on any atom is 0.257 e. The first kappa shape index (κ1) is 23.3. The summed E-state index contributed by atoms with van der Waals surface area (Å²) >= 11 is 6.15. The molecule has 0 atom stereocenters. The molecule has 1 amide bonds. The van der Waals surface area contributed by atoms with Crippen molar-refractivity contribution in [1.82, 2.24) is 10.3 Å². The van der Waals surface area contributed by atoms with Crippen LogP contribution in [0.3, 0.4) is 0 Å². The summed E-state index contributed by atoms with van der Waals surface area (Å²) in [5.41, 5.74) is 3.26. The van der Waals surface area contributed by atoms with Gasteiger partial charge in [-0.1, -0.05) is 44.5 Å². The number of guanidine groups is 1. The predicted molar refractivity (Wildman–Crippen MR) is 130 cm³/mol. The van der Waals surface area contributed by atoms with Gasteiger partial charge in [0, 0.05) is 23.0 Å². The summed E-state index contributed by atoms with van der Waals surface area (Å²) in [6.45, 7) is 6.76. The Morgan fingerprint density at radius 1 is 1.06 bits per heavy atom. The molecule has 0 saturated heterocycles. The number of pyridine rings is 1. The van der Waals surface area contributed by atoms with Gasteiger partial charge in [0.2, 0.25) is 5.96 Å². The molecule has 1 aromatic heterocycles. The highest BCUT2D eigenvalue weighted by Gasteiger charge is 2.16. The Bertz CT molecular complexity index is 1090. The lowest BCUT2D eigenvalue weighted by Crippen LogP contribution is -2.36. The molecule has 3 aromatic rings. The molecule has 0 radical (unpaired) electrons. The van der Waals surface area contributed by atoms with Crippen molar-refractivity contribution in [3.05, 3.63) is 88.7 Å². The quantitative estimate of drug-likeness (QED) is 0.401. The van der Waals surface area contributed by atoms with Gasteiger partial charge in [0.05, 0.1) is 19.3 Å². The number of nitrogens with one attached hydrogen (secondary N) is 2. The van der Waals surface area contributed by atoms with Crippen molar-refractivity contribution in [3.63, 3.8) is 0 Å². The molecule has 3 rings (SSSR count). The van der Waals surface area contributed by atoms with Crippen molar-refractivity contribution in [3.8, 4) is 5.75 Å². The van der Waals surface area contributed by atoms with Crippen LogP contribution in [-0.2, 0) is 12.0 Å². The fourth-order valence-electron chi connectivity index (χ4n) is 2.98. The Morgan fingerprint density at radius 2 is 1.75 bits per heavy atom. The van der Waals surface area contributed by atoms with Crippen LogP contribution in [0.5, 0.6) is 5.75 Å². The van der Waals surface area contributed by atoms with Crippen LogP contribution in [0.1, 0.15) is 42.3 Å². The molecular weight excluding hydrogens is 424 g/mol. The number of aliphatic imine (C=N–C) groups is 1. The number of carbonyl (C=O) groups excluding carboxylic acids is 1. The van der Waals surface area contributed by atoms with E-state index in [2.05, 4.69) is 41.4 Å². The number of rotatable bonds is 5. The lowest BCUT2D eigenvalue weighted by Gasteiger charge is -2.19. The van der Waals surface area contributed by atoms with Crippen LogP contribution in [0.4, 0.5) is 5.69 Å². The largest absolute Gasteiger partial charge is 0.495 e. The number of methoxy groups -OCH3 is 1. The SMILES string of the molecule is COc1ccc(Cl)cc1NC(=NCc1ccncc1)NC(=O)c1ccc(C(C)(C)C)cc1. The fourth-order valence-corrected chi connectivity index (χ4v) is 3.15. The number of carbonyl (C=O) groups is 1. The maximum atomic E-state index is 12.9. The average Bonchev–Trinajstić information content (AvgIpc) is 2.78. The molecule has 7 heteroatoms. The van der Waals surface area contributed by atoms with Crippen LogP contribution in [0.25, 0.3) is 0 Å². The van der Waals surface area contributed by atoms with Gasteiger partial charge in [-0.05, 0) is 59.0 Å². The number of amides is 1. The van der Waals surface area contributed by atoms with Crippen LogP contribution in [0.15, 0.2) is 72.0 Å². The van der Waals surface area contributed by atoms with Gasteiger partial charge in [-0.15, -0.1) is 0 Å². The van der Waals surface area contributed by atoms with E-state index in [0.717, 1.165) is 11.1 Å². The van der Waals surface area contributed by atoms with E-state index in [4.69, 9.17) is 16.3 Å². The van der Waals surface area contributed by atoms with Crippen LogP contribution < -0.4 is 15.4 Å². The van der Waals surface area contributed by atoms with Crippen LogP contribution in [0, 0.1) is 0 Å². The lowest BCUT2D eigenvalue weighted by molar-refractivity contribution is 0.0977. The van der Waals surface area contributed by atoms with E-state index in [1.165, 1.54) is 0 Å². The zero-order chi connectivity index (χ0) is 23.1. The maximum absolute atomic E-state index is 12.9. The fraction of sp³-hybridized carbons (Fsp3) is 0.240. The predicted octanol–water partition coefficient (Wildman–Crippen LogP) is 5.44. The molecular formula is C25H27ClN4O2. The summed E-state index contributed by atoms with van der Waals surface area (Å²) in [4.78, 5) is 21.5. The summed E-state index contributed by atoms with van der Waals surface area (Å²) in [5.74, 6) is 0.592. The highest BCUT2D eigenvalue weighted by atomic mass is 35.5. The van der Waals surface area contributed by atoms with E-state index < -0.39 is 0 Å². The Morgan fingerprint density at radius 3 is 2.38 bits per heavy atom. The van der Waals surface area contributed by atoms with Crippen LogP contribution in [0.2, 0.25) is 5.02 Å². The molecule has 2 N–H and O–H groups in total. The number of aromatic nitrogens is 1. The number of anilines is 1. The van der Waals surface area contributed by atoms with Gasteiger partial charge in [0.25, 0.3) is 5.91 Å². The Labute approximate surface area is 193 Å². The van der Waals surface area contributed by atoms with Crippen molar-refractivity contribution in [2.75, 3.05) is 12.4 Å². The summed E-state index contributed by atoms with van der Waals surface area (Å²) < 4.78 is 5.40. The number of hydrogen-bond donors (Lipinski definition) is 2. The third-order valence-corrected chi connectivity index (χ3v) is 5.06. The molecule has 0 unspecified atom stereocenters. The third-order valence-electron chi connectivity index (χ3n) is 4.83. The van der Waals surface area contributed by atoms with E-state index in [0.29, 0.717) is 28.6 Å². The first-order valence-corrected chi connectivity index (χ1v) is 10.6. The van der Waals surface area contributed by atoms with Crippen molar-refractivity contribution < 1.29 is 9.53 Å². The molecule has 6 nitrogen and oxygen atoms in total. The van der Waals surface area contributed by atoms with Crippen LogP contribution in [-0.4, -0.2) is 24.0 Å². The highest BCUT2D eigenvalue weighted by molar-refractivity contribution is 6.31. The minimum absolute atomic E-state index is 0.0108. The number of ether oxygens (including phenoxy) is 1. The van der Waals surface area contributed by atoms with E-state index in [1.807, 2.05) is 36.4 Å². The summed E-state index contributed by atoms with van der Waals surface area (Å²) in [5, 5.41) is 6.54. The second-order valence-corrected chi connectivity index (χ2v) is 8.71. The summed E-state index contributed by atoms with van der Waals surface area (Å²) in [6.07, 6.45) is 3.40. The van der Waals surface area contributed by atoms with Gasteiger partial charge in [0.1, 0.15) is 5.75 Å². The van der Waals surface area contributed by atoms with Gasteiger partial charge in [-0.25, -0.2) is 4.99 Å². The van der Waals surface area contributed by atoms with Crippen molar-refractivity contribution in [2.45, 2.75) is 32.7 Å². The second kappa shape index (κ2) is 10.3. The first-order chi connectivity index (χ1) is 15.3. The van der Waals surface area contributed by atoms with Gasteiger partial charge < -0.3 is 10.1 Å². The standard InChI is InChI=1S/C25H27ClN4O2/c1-25(2,3)19-7-5-18(6-8-19)23(31)30-24(28-16-17-11-13-27-14-12-17)29-21-15-20(26)9-10-22(21)32-4/h5-15H,16H2,1-4H3,(H2,28,29,30,31). The molecule has 0 aliphatic heterocycles. The van der Waals surface area contributed by atoms with Gasteiger partial charge in [-0.3, -0.25) is 15.1 Å². The normalized spacial score (nSPS) is 11.7. The summed E-state index contributed by atoms with van der Waals surface area (Å²) in [6, 6.07) is 16.5. The van der Waals surface area contributed by atoms with E-state index in [-0.39, 0.29) is 17.3 Å². The molecule has 0 spiro atoms. The average molecular weight is 451 g/mol. The Hall–Kier alpha value is -3.38. The third kappa shape index (κ3) is 6.31. The molecule has 0 aliphatic rings. The molecule has 0 aliphatic carbocycles. The van der Waals surface area contributed by atoms with Crippen molar-refractivity contribution in [2.24, 2.45) is 4.99 Å². The number of nitrogens with zero attached hydrogens (tertiary/aromatic N) is 2. The molecule has 0 fully saturated rings. The zero-order valence-corrected chi connectivity index (χ0v) is 19.4. The molecule has 166 valence electrons. The topological polar surface area (TPSA) is 75.6 Å². The molecule has 1 heterocycles. The van der Waals surface area contributed by atoms with Crippen molar-refractivity contribution in [1.29, 1.82) is 0 Å². The Balaban J connectivity index is 1.85. The number of halogens is 1.